The van der Waals surface area contributed by atoms with E-state index >= 15 is 0 Å². The molecule has 2 aromatic rings. The smallest absolute Gasteiger partial charge is 0.321 e. The van der Waals surface area contributed by atoms with Crippen LogP contribution in [0.4, 0.5) is 0 Å². The predicted octanol–water partition coefficient (Wildman–Crippen LogP) is 3.26. The summed E-state index contributed by atoms with van der Waals surface area (Å²) >= 11 is 1.54. The van der Waals surface area contributed by atoms with Crippen molar-refractivity contribution in [3.63, 3.8) is 0 Å². The highest BCUT2D eigenvalue weighted by atomic mass is 32.1. The average molecular weight is 268 g/mol. The number of rotatable bonds is 4. The maximum absolute atomic E-state index is 12.1. The molecule has 1 atom stereocenters. The lowest BCUT2D eigenvalue weighted by atomic mass is 10.2. The van der Waals surface area contributed by atoms with Gasteiger partial charge >= 0.3 is 7.60 Å². The van der Waals surface area contributed by atoms with Crippen LogP contribution in [-0.2, 0) is 9.09 Å². The van der Waals surface area contributed by atoms with Crippen LogP contribution in [0.25, 0.3) is 10.4 Å². The Morgan fingerprint density at radius 2 is 2.06 bits per heavy atom. The quantitative estimate of drug-likeness (QED) is 0.866. The van der Waals surface area contributed by atoms with Crippen LogP contribution in [0.15, 0.2) is 41.8 Å². The SMILES string of the molecule is CCOP(=O)(O)c1ccccc1-c1cccs1. The molecule has 0 spiro atoms. The fourth-order valence-electron chi connectivity index (χ4n) is 1.60. The van der Waals surface area contributed by atoms with Crippen molar-refractivity contribution in [1.29, 1.82) is 0 Å². The van der Waals surface area contributed by atoms with Crippen molar-refractivity contribution in [3.05, 3.63) is 41.8 Å². The first-order valence-corrected chi connectivity index (χ1v) is 7.71. The lowest BCUT2D eigenvalue weighted by molar-refractivity contribution is 0.284. The molecule has 0 aliphatic carbocycles. The van der Waals surface area contributed by atoms with Crippen LogP contribution in [0.2, 0.25) is 0 Å². The Morgan fingerprint density at radius 1 is 1.29 bits per heavy atom. The minimum Gasteiger partial charge on any atom is -0.321 e. The highest BCUT2D eigenvalue weighted by molar-refractivity contribution is 7.61. The van der Waals surface area contributed by atoms with Gasteiger partial charge < -0.3 is 9.42 Å². The van der Waals surface area contributed by atoms with Crippen LogP contribution in [0.5, 0.6) is 0 Å². The molecule has 1 N–H and O–H groups in total. The minimum atomic E-state index is -3.72. The first-order valence-electron chi connectivity index (χ1n) is 5.26. The van der Waals surface area contributed by atoms with E-state index in [9.17, 15) is 9.46 Å². The minimum absolute atomic E-state index is 0.215. The predicted molar refractivity (Wildman–Crippen MR) is 70.8 cm³/mol. The first-order chi connectivity index (χ1) is 8.15. The Bertz CT molecular complexity index is 536. The normalized spacial score (nSPS) is 14.5. The van der Waals surface area contributed by atoms with Crippen LogP contribution in [-0.4, -0.2) is 11.5 Å². The van der Waals surface area contributed by atoms with E-state index < -0.39 is 7.60 Å². The van der Waals surface area contributed by atoms with E-state index in [0.717, 1.165) is 10.4 Å². The second kappa shape index (κ2) is 5.15. The summed E-state index contributed by atoms with van der Waals surface area (Å²) in [5.41, 5.74) is 0.766. The molecule has 0 radical (unpaired) electrons. The summed E-state index contributed by atoms with van der Waals surface area (Å²) < 4.78 is 17.0. The Kier molecular flexibility index (Phi) is 3.79. The molecule has 0 saturated heterocycles. The monoisotopic (exact) mass is 268 g/mol. The van der Waals surface area contributed by atoms with Gasteiger partial charge in [-0.3, -0.25) is 4.57 Å². The van der Waals surface area contributed by atoms with Gasteiger partial charge in [0.25, 0.3) is 0 Å². The first kappa shape index (κ1) is 12.5. The molecule has 90 valence electrons. The summed E-state index contributed by atoms with van der Waals surface area (Å²) in [6.07, 6.45) is 0. The highest BCUT2D eigenvalue weighted by Gasteiger charge is 2.25. The van der Waals surface area contributed by atoms with Crippen LogP contribution in [0.1, 0.15) is 6.92 Å². The number of benzene rings is 1. The standard InChI is InChI=1S/C12H13O3PS/c1-2-15-16(13,14)11-7-4-3-6-10(11)12-8-5-9-17-12/h3-9H,2H2,1H3,(H,13,14). The van der Waals surface area contributed by atoms with Crippen molar-refractivity contribution in [2.75, 3.05) is 6.61 Å². The Balaban J connectivity index is 2.52. The third-order valence-corrected chi connectivity index (χ3v) is 4.81. The van der Waals surface area contributed by atoms with Gasteiger partial charge in [0.05, 0.1) is 11.9 Å². The van der Waals surface area contributed by atoms with Gasteiger partial charge in [-0.25, -0.2) is 0 Å². The summed E-state index contributed by atoms with van der Waals surface area (Å²) in [6.45, 7) is 1.92. The fraction of sp³-hybridized carbons (Fsp3) is 0.167. The fourth-order valence-corrected chi connectivity index (χ4v) is 3.71. The summed E-state index contributed by atoms with van der Waals surface area (Å²) in [5.74, 6) is 0. The van der Waals surface area contributed by atoms with Crippen molar-refractivity contribution in [2.24, 2.45) is 0 Å². The van der Waals surface area contributed by atoms with Crippen molar-refractivity contribution >= 4 is 24.2 Å². The van der Waals surface area contributed by atoms with Gasteiger partial charge in [-0.15, -0.1) is 11.3 Å². The zero-order chi connectivity index (χ0) is 12.3. The van der Waals surface area contributed by atoms with Gasteiger partial charge in [-0.2, -0.15) is 0 Å². The zero-order valence-electron chi connectivity index (χ0n) is 9.37. The molecule has 1 aromatic carbocycles. The molecular formula is C12H13O3PS. The summed E-state index contributed by atoms with van der Waals surface area (Å²) in [5, 5.41) is 2.30. The molecule has 1 unspecified atom stereocenters. The van der Waals surface area contributed by atoms with E-state index in [1.807, 2.05) is 29.6 Å². The molecule has 0 fully saturated rings. The van der Waals surface area contributed by atoms with Crippen molar-refractivity contribution in [3.8, 4) is 10.4 Å². The van der Waals surface area contributed by atoms with E-state index in [4.69, 9.17) is 4.52 Å². The molecule has 0 amide bonds. The molecule has 3 nitrogen and oxygen atoms in total. The van der Waals surface area contributed by atoms with Crippen LogP contribution >= 0.6 is 18.9 Å². The molecule has 0 saturated carbocycles. The van der Waals surface area contributed by atoms with Crippen molar-refractivity contribution in [1.82, 2.24) is 0 Å². The van der Waals surface area contributed by atoms with Gasteiger partial charge in [-0.05, 0) is 24.4 Å². The third kappa shape index (κ3) is 2.67. The summed E-state index contributed by atoms with van der Waals surface area (Å²) in [7, 11) is -3.72. The van der Waals surface area contributed by atoms with Crippen molar-refractivity contribution in [2.45, 2.75) is 6.92 Å². The molecule has 1 heterocycles. The van der Waals surface area contributed by atoms with E-state index in [-0.39, 0.29) is 6.61 Å². The Labute approximate surface area is 104 Å². The van der Waals surface area contributed by atoms with Crippen LogP contribution in [0, 0.1) is 0 Å². The van der Waals surface area contributed by atoms with E-state index in [1.165, 1.54) is 11.3 Å². The topological polar surface area (TPSA) is 46.5 Å². The molecule has 2 rings (SSSR count). The molecule has 1 aromatic heterocycles. The van der Waals surface area contributed by atoms with E-state index in [2.05, 4.69) is 0 Å². The van der Waals surface area contributed by atoms with Gasteiger partial charge in [-0.1, -0.05) is 24.3 Å². The molecular weight excluding hydrogens is 255 g/mol. The summed E-state index contributed by atoms with van der Waals surface area (Å²) in [4.78, 5) is 10.9. The average Bonchev–Trinajstić information content (AvgIpc) is 2.82. The second-order valence-electron chi connectivity index (χ2n) is 3.43. The molecule has 0 aliphatic heterocycles. The maximum atomic E-state index is 12.1. The Morgan fingerprint density at radius 3 is 2.71 bits per heavy atom. The van der Waals surface area contributed by atoms with E-state index in [0.29, 0.717) is 5.30 Å². The number of thiophene rings is 1. The van der Waals surface area contributed by atoms with Gasteiger partial charge in [0.1, 0.15) is 0 Å². The molecule has 0 aliphatic rings. The highest BCUT2D eigenvalue weighted by Crippen LogP contribution is 2.44. The maximum Gasteiger partial charge on any atom is 0.359 e. The van der Waals surface area contributed by atoms with E-state index in [1.54, 1.807) is 19.1 Å². The van der Waals surface area contributed by atoms with Gasteiger partial charge in [0, 0.05) is 10.4 Å². The lowest BCUT2D eigenvalue weighted by Gasteiger charge is -2.14. The van der Waals surface area contributed by atoms with Crippen LogP contribution in [0.3, 0.4) is 0 Å². The van der Waals surface area contributed by atoms with Crippen molar-refractivity contribution < 1.29 is 14.0 Å². The lowest BCUT2D eigenvalue weighted by Crippen LogP contribution is -2.09. The molecule has 17 heavy (non-hydrogen) atoms. The molecule has 0 bridgehead atoms. The van der Waals surface area contributed by atoms with Gasteiger partial charge in [0.15, 0.2) is 0 Å². The number of hydrogen-bond acceptors (Lipinski definition) is 3. The van der Waals surface area contributed by atoms with Crippen LogP contribution < -0.4 is 5.30 Å². The molecule has 5 heteroatoms. The Hall–Kier alpha value is -0.930. The third-order valence-electron chi connectivity index (χ3n) is 2.30. The zero-order valence-corrected chi connectivity index (χ0v) is 11.1. The van der Waals surface area contributed by atoms with Gasteiger partial charge in [0.2, 0.25) is 0 Å². The largest absolute Gasteiger partial charge is 0.359 e. The second-order valence-corrected chi connectivity index (χ2v) is 6.16. The summed E-state index contributed by atoms with van der Waals surface area (Å²) in [6, 6.07) is 10.9. The number of hydrogen-bond donors (Lipinski definition) is 1.